The Kier molecular flexibility index (Phi) is 6.97. The van der Waals surface area contributed by atoms with E-state index in [0.29, 0.717) is 17.2 Å². The first-order chi connectivity index (χ1) is 10.4. The van der Waals surface area contributed by atoms with Crippen LogP contribution in [0.25, 0.3) is 0 Å². The van der Waals surface area contributed by atoms with Gasteiger partial charge in [-0.05, 0) is 24.6 Å². The lowest BCUT2D eigenvalue weighted by molar-refractivity contribution is -0.121. The van der Waals surface area contributed by atoms with E-state index < -0.39 is 17.8 Å². The molecular formula is C13H17ClN4O4. The normalized spacial score (nSPS) is 9.73. The number of nitrogens with two attached hydrogens (primary N) is 1. The molecule has 1 aromatic rings. The molecule has 0 aliphatic heterocycles. The summed E-state index contributed by atoms with van der Waals surface area (Å²) in [6, 6.07) is 3.91. The van der Waals surface area contributed by atoms with E-state index in [1.807, 2.05) is 0 Å². The van der Waals surface area contributed by atoms with Crippen molar-refractivity contribution in [2.45, 2.75) is 12.8 Å². The van der Waals surface area contributed by atoms with E-state index in [1.165, 1.54) is 13.2 Å². The average molecular weight is 329 g/mol. The molecule has 0 unspecified atom stereocenters. The third kappa shape index (κ3) is 5.88. The van der Waals surface area contributed by atoms with E-state index in [2.05, 4.69) is 16.2 Å². The maximum Gasteiger partial charge on any atom is 0.312 e. The van der Waals surface area contributed by atoms with E-state index in [4.69, 9.17) is 22.1 Å². The van der Waals surface area contributed by atoms with Crippen molar-refractivity contribution in [2.75, 3.05) is 13.7 Å². The second-order valence-corrected chi connectivity index (χ2v) is 4.68. The number of ether oxygens (including phenoxy) is 1. The fourth-order valence-electron chi connectivity index (χ4n) is 1.57. The topological polar surface area (TPSA) is 123 Å². The molecule has 5 N–H and O–H groups in total. The number of carbonyl (C=O) groups excluding carboxylic acids is 3. The fourth-order valence-corrected chi connectivity index (χ4v) is 1.75. The number of halogens is 1. The van der Waals surface area contributed by atoms with Gasteiger partial charge in [-0.3, -0.25) is 20.4 Å². The van der Waals surface area contributed by atoms with Gasteiger partial charge in [0, 0.05) is 18.0 Å². The van der Waals surface area contributed by atoms with Crippen LogP contribution in [0.15, 0.2) is 18.2 Å². The molecular weight excluding hydrogens is 312 g/mol. The number of hydrogen-bond acceptors (Lipinski definition) is 4. The largest absolute Gasteiger partial charge is 0.496 e. The molecule has 0 heterocycles. The molecule has 9 heteroatoms. The van der Waals surface area contributed by atoms with Gasteiger partial charge in [0.15, 0.2) is 0 Å². The Morgan fingerprint density at radius 2 is 2.00 bits per heavy atom. The van der Waals surface area contributed by atoms with E-state index in [0.717, 1.165) is 0 Å². The van der Waals surface area contributed by atoms with Crippen molar-refractivity contribution in [3.05, 3.63) is 28.8 Å². The highest BCUT2D eigenvalue weighted by atomic mass is 35.5. The summed E-state index contributed by atoms with van der Waals surface area (Å²) in [6.45, 7) is 0.277. The summed E-state index contributed by atoms with van der Waals surface area (Å²) in [4.78, 5) is 33.9. The molecule has 1 aromatic carbocycles. The molecule has 0 saturated carbocycles. The van der Waals surface area contributed by atoms with Crippen molar-refractivity contribution in [1.29, 1.82) is 0 Å². The molecule has 8 nitrogen and oxygen atoms in total. The SMILES string of the molecule is COc1ccc(Cl)cc1C(=O)NNC(=O)CCCNC(N)=O. The lowest BCUT2D eigenvalue weighted by Crippen LogP contribution is -2.42. The van der Waals surface area contributed by atoms with Crippen molar-refractivity contribution in [3.8, 4) is 5.75 Å². The average Bonchev–Trinajstić information content (AvgIpc) is 2.49. The highest BCUT2D eigenvalue weighted by Crippen LogP contribution is 2.22. The number of rotatable bonds is 6. The molecule has 0 bridgehead atoms. The van der Waals surface area contributed by atoms with Crippen LogP contribution in [0.3, 0.4) is 0 Å². The van der Waals surface area contributed by atoms with Crippen molar-refractivity contribution >= 4 is 29.4 Å². The van der Waals surface area contributed by atoms with Gasteiger partial charge in [0.2, 0.25) is 5.91 Å². The first kappa shape index (κ1) is 17.6. The summed E-state index contributed by atoms with van der Waals surface area (Å²) in [5.74, 6) is -0.620. The minimum Gasteiger partial charge on any atom is -0.496 e. The Labute approximate surface area is 132 Å². The molecule has 0 atom stereocenters. The molecule has 0 fully saturated rings. The molecule has 0 radical (unpaired) electrons. The van der Waals surface area contributed by atoms with Crippen LogP contribution in [0.1, 0.15) is 23.2 Å². The van der Waals surface area contributed by atoms with Crippen molar-refractivity contribution < 1.29 is 19.1 Å². The Morgan fingerprint density at radius 1 is 1.27 bits per heavy atom. The third-order valence-electron chi connectivity index (χ3n) is 2.60. The minimum atomic E-state index is -0.651. The number of amides is 4. The zero-order valence-electron chi connectivity index (χ0n) is 11.9. The second kappa shape index (κ2) is 8.73. The Balaban J connectivity index is 2.44. The predicted octanol–water partition coefficient (Wildman–Crippen LogP) is 0.558. The minimum absolute atomic E-state index is 0.118. The molecule has 0 aromatic heterocycles. The van der Waals surface area contributed by atoms with Gasteiger partial charge in [-0.2, -0.15) is 0 Å². The number of hydrogen-bond donors (Lipinski definition) is 4. The van der Waals surface area contributed by atoms with E-state index in [9.17, 15) is 14.4 Å². The molecule has 120 valence electrons. The van der Waals surface area contributed by atoms with Crippen molar-refractivity contribution in [3.63, 3.8) is 0 Å². The summed E-state index contributed by atoms with van der Waals surface area (Å²) in [5.41, 5.74) is 9.60. The first-order valence-electron chi connectivity index (χ1n) is 6.40. The Hall–Kier alpha value is -2.48. The smallest absolute Gasteiger partial charge is 0.312 e. The van der Waals surface area contributed by atoms with Crippen LogP contribution in [0.5, 0.6) is 5.75 Å². The van der Waals surface area contributed by atoms with E-state index in [-0.39, 0.29) is 18.5 Å². The zero-order chi connectivity index (χ0) is 16.5. The van der Waals surface area contributed by atoms with Gasteiger partial charge in [-0.25, -0.2) is 4.79 Å². The zero-order valence-corrected chi connectivity index (χ0v) is 12.7. The van der Waals surface area contributed by atoms with Crippen molar-refractivity contribution in [1.82, 2.24) is 16.2 Å². The Bertz CT molecular complexity index is 565. The third-order valence-corrected chi connectivity index (χ3v) is 2.84. The molecule has 0 aliphatic carbocycles. The number of carbonyl (C=O) groups is 3. The molecule has 4 amide bonds. The van der Waals surface area contributed by atoms with Gasteiger partial charge in [0.25, 0.3) is 5.91 Å². The number of primary amides is 1. The van der Waals surface area contributed by atoms with Gasteiger partial charge in [-0.1, -0.05) is 11.6 Å². The standard InChI is InChI=1S/C13H17ClN4O4/c1-22-10-5-4-8(14)7-9(10)12(20)18-17-11(19)3-2-6-16-13(15)21/h4-5,7H,2-3,6H2,1H3,(H,17,19)(H,18,20)(H3,15,16,21). The van der Waals surface area contributed by atoms with Crippen LogP contribution in [0, 0.1) is 0 Å². The van der Waals surface area contributed by atoms with E-state index in [1.54, 1.807) is 12.1 Å². The number of hydrazine groups is 1. The summed E-state index contributed by atoms with van der Waals surface area (Å²) >= 11 is 5.82. The van der Waals surface area contributed by atoms with Crippen LogP contribution >= 0.6 is 11.6 Å². The predicted molar refractivity (Wildman–Crippen MR) is 80.4 cm³/mol. The number of urea groups is 1. The summed E-state index contributed by atoms with van der Waals surface area (Å²) in [5, 5.41) is 2.72. The second-order valence-electron chi connectivity index (χ2n) is 4.24. The highest BCUT2D eigenvalue weighted by molar-refractivity contribution is 6.31. The molecule has 0 saturated heterocycles. The maximum absolute atomic E-state index is 12.0. The lowest BCUT2D eigenvalue weighted by atomic mass is 10.2. The Morgan fingerprint density at radius 3 is 2.64 bits per heavy atom. The number of nitrogens with one attached hydrogen (secondary N) is 3. The van der Waals surface area contributed by atoms with Gasteiger partial charge >= 0.3 is 6.03 Å². The lowest BCUT2D eigenvalue weighted by Gasteiger charge is -2.10. The van der Waals surface area contributed by atoms with Gasteiger partial charge in [0.05, 0.1) is 12.7 Å². The van der Waals surface area contributed by atoms with E-state index >= 15 is 0 Å². The van der Waals surface area contributed by atoms with Crippen LogP contribution in [0.2, 0.25) is 5.02 Å². The fraction of sp³-hybridized carbons (Fsp3) is 0.308. The molecule has 1 rings (SSSR count). The van der Waals surface area contributed by atoms with Crippen LogP contribution in [-0.4, -0.2) is 31.5 Å². The number of benzene rings is 1. The van der Waals surface area contributed by atoms with Gasteiger partial charge in [-0.15, -0.1) is 0 Å². The monoisotopic (exact) mass is 328 g/mol. The molecule has 0 spiro atoms. The number of methoxy groups -OCH3 is 1. The van der Waals surface area contributed by atoms with Crippen molar-refractivity contribution in [2.24, 2.45) is 5.73 Å². The summed E-state index contributed by atoms with van der Waals surface area (Å²) in [7, 11) is 1.42. The quantitative estimate of drug-likeness (QED) is 0.450. The van der Waals surface area contributed by atoms with Gasteiger partial charge in [0.1, 0.15) is 5.75 Å². The van der Waals surface area contributed by atoms with Gasteiger partial charge < -0.3 is 15.8 Å². The van der Waals surface area contributed by atoms with Crippen LogP contribution in [-0.2, 0) is 4.79 Å². The summed E-state index contributed by atoms with van der Waals surface area (Å²) in [6.07, 6.45) is 0.512. The first-order valence-corrected chi connectivity index (χ1v) is 6.78. The molecule has 22 heavy (non-hydrogen) atoms. The maximum atomic E-state index is 12.0. The highest BCUT2D eigenvalue weighted by Gasteiger charge is 2.13. The summed E-state index contributed by atoms with van der Waals surface area (Å²) < 4.78 is 5.05. The van der Waals surface area contributed by atoms with Crippen LogP contribution < -0.4 is 26.6 Å². The van der Waals surface area contributed by atoms with Crippen LogP contribution in [0.4, 0.5) is 4.79 Å². The molecule has 0 aliphatic rings.